The van der Waals surface area contributed by atoms with Crippen LogP contribution in [0.1, 0.15) is 23.0 Å². The minimum Gasteiger partial charge on any atom is -0.349 e. The molecular weight excluding hydrogens is 306 g/mol. The molecule has 2 aromatic rings. The van der Waals surface area contributed by atoms with Crippen molar-refractivity contribution in [2.24, 2.45) is 0 Å². The third-order valence-electron chi connectivity index (χ3n) is 2.28. The smallest absolute Gasteiger partial charge is 0.261 e. The van der Waals surface area contributed by atoms with Gasteiger partial charge in [0.15, 0.2) is 0 Å². The molecule has 2 aromatic heterocycles. The number of nitrogens with one attached hydrogen (secondary N) is 1. The fraction of sp³-hybridized carbons (Fsp3) is 0.364. The van der Waals surface area contributed by atoms with Crippen LogP contribution in [0.3, 0.4) is 0 Å². The molecule has 5 heteroatoms. The van der Waals surface area contributed by atoms with Gasteiger partial charge in [-0.2, -0.15) is 0 Å². The molecule has 1 N–H and O–H groups in total. The quantitative estimate of drug-likeness (QED) is 0.852. The molecular formula is C11H12BrNOS2. The van der Waals surface area contributed by atoms with Gasteiger partial charge in [0.1, 0.15) is 0 Å². The lowest BCUT2D eigenvalue weighted by Gasteiger charge is -2.10. The van der Waals surface area contributed by atoms with E-state index in [9.17, 15) is 4.79 Å². The van der Waals surface area contributed by atoms with Gasteiger partial charge in [-0.3, -0.25) is 4.79 Å². The van der Waals surface area contributed by atoms with Crippen LogP contribution in [0, 0.1) is 0 Å². The first-order valence-corrected chi connectivity index (χ1v) is 7.86. The summed E-state index contributed by atoms with van der Waals surface area (Å²) in [6, 6.07) is 4.25. The SMILES string of the molecule is CC(CCBr)NC(=O)c1cc2sccc2s1. The maximum absolute atomic E-state index is 11.9. The van der Waals surface area contributed by atoms with Gasteiger partial charge in [0.25, 0.3) is 5.91 Å². The van der Waals surface area contributed by atoms with Gasteiger partial charge in [-0.1, -0.05) is 15.9 Å². The molecule has 2 heterocycles. The molecule has 0 spiro atoms. The van der Waals surface area contributed by atoms with Crippen molar-refractivity contribution in [2.45, 2.75) is 19.4 Å². The van der Waals surface area contributed by atoms with Gasteiger partial charge in [-0.25, -0.2) is 0 Å². The number of carbonyl (C=O) groups excluding carboxylic acids is 1. The van der Waals surface area contributed by atoms with Gasteiger partial charge in [-0.15, -0.1) is 22.7 Å². The Kier molecular flexibility index (Phi) is 4.00. The van der Waals surface area contributed by atoms with Crippen LogP contribution in [0.2, 0.25) is 0 Å². The number of amides is 1. The van der Waals surface area contributed by atoms with Gasteiger partial charge >= 0.3 is 0 Å². The lowest BCUT2D eigenvalue weighted by atomic mass is 10.2. The molecule has 0 aromatic carbocycles. The predicted molar refractivity (Wildman–Crippen MR) is 75.0 cm³/mol. The van der Waals surface area contributed by atoms with E-state index in [1.807, 2.05) is 13.0 Å². The first kappa shape index (κ1) is 12.1. The van der Waals surface area contributed by atoms with Crippen LogP contribution in [0.4, 0.5) is 0 Å². The van der Waals surface area contributed by atoms with Crippen LogP contribution in [-0.2, 0) is 0 Å². The maximum Gasteiger partial charge on any atom is 0.261 e. The summed E-state index contributed by atoms with van der Waals surface area (Å²) in [4.78, 5) is 12.7. The Hall–Kier alpha value is -0.390. The van der Waals surface area contributed by atoms with Crippen molar-refractivity contribution in [2.75, 3.05) is 5.33 Å². The van der Waals surface area contributed by atoms with E-state index in [4.69, 9.17) is 0 Å². The summed E-state index contributed by atoms with van der Waals surface area (Å²) in [5, 5.41) is 5.96. The molecule has 0 bridgehead atoms. The fourth-order valence-electron chi connectivity index (χ4n) is 1.41. The Morgan fingerprint density at radius 3 is 3.06 bits per heavy atom. The predicted octanol–water partition coefficient (Wildman–Crippen LogP) is 3.87. The summed E-state index contributed by atoms with van der Waals surface area (Å²) in [6.07, 6.45) is 0.950. The summed E-state index contributed by atoms with van der Waals surface area (Å²) in [7, 11) is 0. The minimum atomic E-state index is 0.0434. The number of thiophene rings is 2. The van der Waals surface area contributed by atoms with Crippen LogP contribution in [-0.4, -0.2) is 17.3 Å². The highest BCUT2D eigenvalue weighted by Crippen LogP contribution is 2.29. The monoisotopic (exact) mass is 317 g/mol. The zero-order valence-corrected chi connectivity index (χ0v) is 12.0. The number of carbonyl (C=O) groups is 1. The molecule has 2 nitrogen and oxygen atoms in total. The lowest BCUT2D eigenvalue weighted by Crippen LogP contribution is -2.32. The topological polar surface area (TPSA) is 29.1 Å². The molecule has 0 saturated carbocycles. The molecule has 0 radical (unpaired) electrons. The highest BCUT2D eigenvalue weighted by Gasteiger charge is 2.12. The summed E-state index contributed by atoms with van der Waals surface area (Å²) in [5.41, 5.74) is 0. The highest BCUT2D eigenvalue weighted by molar-refractivity contribution is 9.09. The largest absolute Gasteiger partial charge is 0.349 e. The number of halogens is 1. The number of hydrogen-bond donors (Lipinski definition) is 1. The van der Waals surface area contributed by atoms with Gasteiger partial charge in [0.2, 0.25) is 0 Å². The maximum atomic E-state index is 11.9. The Balaban J connectivity index is 2.07. The third kappa shape index (κ3) is 2.64. The summed E-state index contributed by atoms with van der Waals surface area (Å²) < 4.78 is 2.39. The molecule has 1 unspecified atom stereocenters. The molecule has 0 fully saturated rings. The molecule has 0 aliphatic heterocycles. The first-order valence-electron chi connectivity index (χ1n) is 5.04. The third-order valence-corrected chi connectivity index (χ3v) is 4.83. The zero-order chi connectivity index (χ0) is 11.5. The average Bonchev–Trinajstić information content (AvgIpc) is 2.76. The second-order valence-electron chi connectivity index (χ2n) is 3.61. The average molecular weight is 318 g/mol. The van der Waals surface area contributed by atoms with Crippen molar-refractivity contribution in [1.82, 2.24) is 5.32 Å². The van der Waals surface area contributed by atoms with E-state index in [0.717, 1.165) is 16.6 Å². The van der Waals surface area contributed by atoms with Crippen LogP contribution in [0.5, 0.6) is 0 Å². The highest BCUT2D eigenvalue weighted by atomic mass is 79.9. The van der Waals surface area contributed by atoms with E-state index in [2.05, 4.69) is 32.7 Å². The molecule has 1 amide bonds. The van der Waals surface area contributed by atoms with Crippen LogP contribution < -0.4 is 5.32 Å². The van der Waals surface area contributed by atoms with Crippen molar-refractivity contribution in [3.63, 3.8) is 0 Å². The van der Waals surface area contributed by atoms with Crippen LogP contribution in [0.25, 0.3) is 9.40 Å². The zero-order valence-electron chi connectivity index (χ0n) is 8.83. The Morgan fingerprint density at radius 2 is 2.38 bits per heavy atom. The van der Waals surface area contributed by atoms with Crippen molar-refractivity contribution in [3.8, 4) is 0 Å². The Morgan fingerprint density at radius 1 is 1.56 bits per heavy atom. The number of alkyl halides is 1. The number of fused-ring (bicyclic) bond motifs is 1. The Labute approximate surface area is 111 Å². The minimum absolute atomic E-state index is 0.0434. The van der Waals surface area contributed by atoms with Gasteiger partial charge in [0, 0.05) is 20.8 Å². The normalized spacial score (nSPS) is 12.9. The van der Waals surface area contributed by atoms with Gasteiger partial charge in [-0.05, 0) is 30.9 Å². The van der Waals surface area contributed by atoms with Gasteiger partial charge in [0.05, 0.1) is 4.88 Å². The molecule has 86 valence electrons. The molecule has 0 aliphatic carbocycles. The Bertz CT molecular complexity index is 462. The van der Waals surface area contributed by atoms with E-state index in [-0.39, 0.29) is 11.9 Å². The van der Waals surface area contributed by atoms with E-state index >= 15 is 0 Å². The van der Waals surface area contributed by atoms with Crippen molar-refractivity contribution in [3.05, 3.63) is 22.4 Å². The van der Waals surface area contributed by atoms with Crippen molar-refractivity contribution < 1.29 is 4.79 Å². The second-order valence-corrected chi connectivity index (χ2v) is 6.44. The van der Waals surface area contributed by atoms with E-state index in [1.54, 1.807) is 22.7 Å². The second kappa shape index (κ2) is 5.29. The summed E-state index contributed by atoms with van der Waals surface area (Å²) >= 11 is 6.61. The van der Waals surface area contributed by atoms with Crippen LogP contribution >= 0.6 is 38.6 Å². The molecule has 0 aliphatic rings. The molecule has 0 saturated heterocycles. The number of hydrogen-bond acceptors (Lipinski definition) is 3. The van der Waals surface area contributed by atoms with E-state index in [0.29, 0.717) is 0 Å². The first-order chi connectivity index (χ1) is 7.70. The summed E-state index contributed by atoms with van der Waals surface area (Å²) in [5.74, 6) is 0.0434. The summed E-state index contributed by atoms with van der Waals surface area (Å²) in [6.45, 7) is 2.02. The molecule has 1 atom stereocenters. The molecule has 2 rings (SSSR count). The fourth-order valence-corrected chi connectivity index (χ4v) is 4.11. The van der Waals surface area contributed by atoms with Crippen LogP contribution in [0.15, 0.2) is 17.5 Å². The number of rotatable bonds is 4. The van der Waals surface area contributed by atoms with Crippen molar-refractivity contribution >= 4 is 53.9 Å². The van der Waals surface area contributed by atoms with E-state index in [1.165, 1.54) is 9.40 Å². The van der Waals surface area contributed by atoms with Gasteiger partial charge < -0.3 is 5.32 Å². The molecule has 16 heavy (non-hydrogen) atoms. The van der Waals surface area contributed by atoms with Crippen molar-refractivity contribution in [1.29, 1.82) is 0 Å². The lowest BCUT2D eigenvalue weighted by molar-refractivity contribution is 0.0944. The standard InChI is InChI=1S/C11H12BrNOS2/c1-7(2-4-12)13-11(14)10-6-9-8(16-10)3-5-15-9/h3,5-7H,2,4H2,1H3,(H,13,14). The van der Waals surface area contributed by atoms with E-state index < -0.39 is 0 Å².